The van der Waals surface area contributed by atoms with E-state index in [-0.39, 0.29) is 11.3 Å². The number of benzene rings is 3. The maximum absolute atomic E-state index is 13.6. The summed E-state index contributed by atoms with van der Waals surface area (Å²) >= 11 is 0. The molecule has 0 aromatic heterocycles. The van der Waals surface area contributed by atoms with Crippen molar-refractivity contribution < 1.29 is 18.4 Å². The quantitative estimate of drug-likeness (QED) is 0.728. The lowest BCUT2D eigenvalue weighted by molar-refractivity contribution is 0.101. The van der Waals surface area contributed by atoms with E-state index in [1.165, 1.54) is 66.7 Å². The van der Waals surface area contributed by atoms with Gasteiger partial charge in [0.25, 0.3) is 11.8 Å². The van der Waals surface area contributed by atoms with Gasteiger partial charge in [0.2, 0.25) is 0 Å². The Hall–Kier alpha value is -3.54. The van der Waals surface area contributed by atoms with Crippen molar-refractivity contribution in [3.63, 3.8) is 0 Å². The molecule has 0 heterocycles. The molecule has 4 nitrogen and oxygen atoms in total. The van der Waals surface area contributed by atoms with E-state index in [2.05, 4.69) is 10.6 Å². The Balaban J connectivity index is 1.67. The predicted octanol–water partition coefficient (Wildman–Crippen LogP) is 4.47. The van der Waals surface area contributed by atoms with E-state index in [1.807, 2.05) is 0 Å². The Bertz CT molecular complexity index is 939. The van der Waals surface area contributed by atoms with Gasteiger partial charge in [0, 0.05) is 16.8 Å². The summed E-state index contributed by atoms with van der Waals surface area (Å²) < 4.78 is 26.5. The second-order valence-corrected chi connectivity index (χ2v) is 5.47. The zero-order valence-electron chi connectivity index (χ0n) is 13.5. The van der Waals surface area contributed by atoms with E-state index >= 15 is 0 Å². The highest BCUT2D eigenvalue weighted by atomic mass is 19.1. The highest BCUT2D eigenvalue weighted by Crippen LogP contribution is 2.15. The lowest BCUT2D eigenvalue weighted by atomic mass is 10.1. The van der Waals surface area contributed by atoms with Crippen LogP contribution in [0.25, 0.3) is 0 Å². The topological polar surface area (TPSA) is 58.2 Å². The zero-order valence-corrected chi connectivity index (χ0v) is 13.5. The van der Waals surface area contributed by atoms with Gasteiger partial charge in [0.15, 0.2) is 0 Å². The molecule has 0 atom stereocenters. The van der Waals surface area contributed by atoms with Gasteiger partial charge in [-0.1, -0.05) is 12.1 Å². The number of rotatable bonds is 4. The third kappa shape index (κ3) is 4.10. The minimum absolute atomic E-state index is 0.0793. The Kier molecular flexibility index (Phi) is 5.03. The molecule has 0 fully saturated rings. The first kappa shape index (κ1) is 17.3. The third-order valence-corrected chi connectivity index (χ3v) is 3.63. The first-order valence-electron chi connectivity index (χ1n) is 7.76. The summed E-state index contributed by atoms with van der Waals surface area (Å²) in [5.74, 6) is -1.80. The highest BCUT2D eigenvalue weighted by Gasteiger charge is 2.11. The SMILES string of the molecule is O=C(Nc1ccc(F)cc1)c1ccc(C(=O)Nc2ccccc2F)cc1. The molecule has 6 heteroatoms. The van der Waals surface area contributed by atoms with Crippen molar-refractivity contribution in [2.75, 3.05) is 10.6 Å². The fourth-order valence-corrected chi connectivity index (χ4v) is 2.27. The molecule has 3 rings (SSSR count). The lowest BCUT2D eigenvalue weighted by Crippen LogP contribution is -2.15. The number of carbonyl (C=O) groups excluding carboxylic acids is 2. The number of hydrogen-bond donors (Lipinski definition) is 2. The van der Waals surface area contributed by atoms with Crippen LogP contribution in [0, 0.1) is 11.6 Å². The monoisotopic (exact) mass is 352 g/mol. The molecule has 3 aromatic rings. The molecule has 2 amide bonds. The van der Waals surface area contributed by atoms with Gasteiger partial charge in [-0.05, 0) is 60.7 Å². The maximum Gasteiger partial charge on any atom is 0.255 e. The Morgan fingerprint density at radius 2 is 1.19 bits per heavy atom. The number of anilines is 2. The fraction of sp³-hybridized carbons (Fsp3) is 0. The summed E-state index contributed by atoms with van der Waals surface area (Å²) in [6.07, 6.45) is 0. The Labute approximate surface area is 148 Å². The van der Waals surface area contributed by atoms with Crippen LogP contribution in [0.15, 0.2) is 72.8 Å². The number of hydrogen-bond acceptors (Lipinski definition) is 2. The number of para-hydroxylation sites is 1. The number of halogens is 2. The van der Waals surface area contributed by atoms with Crippen LogP contribution in [0.5, 0.6) is 0 Å². The molecule has 0 aliphatic rings. The van der Waals surface area contributed by atoms with E-state index in [0.29, 0.717) is 11.3 Å². The van der Waals surface area contributed by atoms with Gasteiger partial charge in [-0.25, -0.2) is 8.78 Å². The van der Waals surface area contributed by atoms with Crippen LogP contribution < -0.4 is 10.6 Å². The van der Waals surface area contributed by atoms with Crippen molar-refractivity contribution in [2.24, 2.45) is 0 Å². The number of nitrogens with one attached hydrogen (secondary N) is 2. The molecule has 0 aliphatic heterocycles. The maximum atomic E-state index is 13.6. The van der Waals surface area contributed by atoms with E-state index in [0.717, 1.165) is 0 Å². The number of amides is 2. The average Bonchev–Trinajstić information content (AvgIpc) is 2.65. The molecule has 0 bridgehead atoms. The summed E-state index contributed by atoms with van der Waals surface area (Å²) in [7, 11) is 0. The predicted molar refractivity (Wildman–Crippen MR) is 95.1 cm³/mol. The van der Waals surface area contributed by atoms with E-state index < -0.39 is 23.4 Å². The molecule has 0 saturated carbocycles. The largest absolute Gasteiger partial charge is 0.322 e. The second-order valence-electron chi connectivity index (χ2n) is 5.47. The molecule has 26 heavy (non-hydrogen) atoms. The van der Waals surface area contributed by atoms with Crippen LogP contribution >= 0.6 is 0 Å². The standard InChI is InChI=1S/C20H14F2N2O2/c21-15-9-11-16(12-10-15)23-19(25)13-5-7-14(8-6-13)20(26)24-18-4-2-1-3-17(18)22/h1-12H,(H,23,25)(H,24,26). The van der Waals surface area contributed by atoms with Crippen molar-refractivity contribution in [2.45, 2.75) is 0 Å². The Morgan fingerprint density at radius 3 is 1.77 bits per heavy atom. The van der Waals surface area contributed by atoms with E-state index in [4.69, 9.17) is 0 Å². The van der Waals surface area contributed by atoms with Crippen LogP contribution in [0.2, 0.25) is 0 Å². The molecule has 3 aromatic carbocycles. The molecular weight excluding hydrogens is 338 g/mol. The van der Waals surface area contributed by atoms with Gasteiger partial charge in [0.1, 0.15) is 11.6 Å². The van der Waals surface area contributed by atoms with Crippen molar-refractivity contribution in [1.29, 1.82) is 0 Å². The minimum atomic E-state index is -0.531. The smallest absolute Gasteiger partial charge is 0.255 e. The molecule has 0 saturated heterocycles. The van der Waals surface area contributed by atoms with Gasteiger partial charge >= 0.3 is 0 Å². The summed E-state index contributed by atoms with van der Waals surface area (Å²) in [6, 6.07) is 17.1. The summed E-state index contributed by atoms with van der Waals surface area (Å²) in [5.41, 5.74) is 1.15. The highest BCUT2D eigenvalue weighted by molar-refractivity contribution is 6.07. The van der Waals surface area contributed by atoms with Crippen LogP contribution in [0.4, 0.5) is 20.2 Å². The van der Waals surface area contributed by atoms with Crippen molar-refractivity contribution >= 4 is 23.2 Å². The van der Waals surface area contributed by atoms with Crippen molar-refractivity contribution in [3.05, 3.63) is 95.6 Å². The zero-order chi connectivity index (χ0) is 18.5. The normalized spacial score (nSPS) is 10.2. The molecule has 130 valence electrons. The summed E-state index contributed by atoms with van der Waals surface area (Å²) in [4.78, 5) is 24.3. The van der Waals surface area contributed by atoms with E-state index in [9.17, 15) is 18.4 Å². The van der Waals surface area contributed by atoms with Gasteiger partial charge in [-0.15, -0.1) is 0 Å². The second kappa shape index (κ2) is 7.57. The number of carbonyl (C=O) groups is 2. The fourth-order valence-electron chi connectivity index (χ4n) is 2.27. The van der Waals surface area contributed by atoms with Crippen molar-refractivity contribution in [1.82, 2.24) is 0 Å². The first-order valence-corrected chi connectivity index (χ1v) is 7.76. The van der Waals surface area contributed by atoms with Crippen LogP contribution in [-0.2, 0) is 0 Å². The summed E-state index contributed by atoms with van der Waals surface area (Å²) in [6.45, 7) is 0. The molecular formula is C20H14F2N2O2. The van der Waals surface area contributed by atoms with Gasteiger partial charge < -0.3 is 10.6 Å². The summed E-state index contributed by atoms with van der Waals surface area (Å²) in [5, 5.41) is 5.10. The molecule has 0 spiro atoms. The average molecular weight is 352 g/mol. The lowest BCUT2D eigenvalue weighted by Gasteiger charge is -2.08. The van der Waals surface area contributed by atoms with Gasteiger partial charge in [-0.3, -0.25) is 9.59 Å². The molecule has 2 N–H and O–H groups in total. The van der Waals surface area contributed by atoms with Crippen molar-refractivity contribution in [3.8, 4) is 0 Å². The third-order valence-electron chi connectivity index (χ3n) is 3.63. The molecule has 0 unspecified atom stereocenters. The first-order chi connectivity index (χ1) is 12.5. The molecule has 0 radical (unpaired) electrons. The Morgan fingerprint density at radius 1 is 0.654 bits per heavy atom. The van der Waals surface area contributed by atoms with Crippen LogP contribution in [0.1, 0.15) is 20.7 Å². The van der Waals surface area contributed by atoms with Crippen LogP contribution in [0.3, 0.4) is 0 Å². The minimum Gasteiger partial charge on any atom is -0.322 e. The van der Waals surface area contributed by atoms with Gasteiger partial charge in [0.05, 0.1) is 5.69 Å². The molecule has 0 aliphatic carbocycles. The van der Waals surface area contributed by atoms with Gasteiger partial charge in [-0.2, -0.15) is 0 Å². The van der Waals surface area contributed by atoms with E-state index in [1.54, 1.807) is 6.07 Å². The van der Waals surface area contributed by atoms with Crippen LogP contribution in [-0.4, -0.2) is 11.8 Å².